The highest BCUT2D eigenvalue weighted by Crippen LogP contribution is 2.50. The van der Waals surface area contributed by atoms with Gasteiger partial charge in [0.25, 0.3) is 0 Å². The minimum Gasteiger partial charge on any atom is -0.493 e. The molecule has 2 saturated carbocycles. The molecule has 1 aromatic carbocycles. The molecule has 0 N–H and O–H groups in total. The van der Waals surface area contributed by atoms with Crippen LogP contribution in [0, 0.1) is 0 Å². The molecule has 5 heteroatoms. The maximum atomic E-state index is 10.9. The number of rotatable bonds is 5. The number of carbonyl (C=O) groups excluding carboxylic acids is 1. The number of isocyanates is 1. The maximum Gasteiger partial charge on any atom is 0.235 e. The van der Waals surface area contributed by atoms with Gasteiger partial charge in [-0.05, 0) is 37.8 Å². The number of methoxy groups -OCH3 is 1. The van der Waals surface area contributed by atoms with Crippen LogP contribution in [0.3, 0.4) is 0 Å². The summed E-state index contributed by atoms with van der Waals surface area (Å²) >= 11 is 3.52. The lowest BCUT2D eigenvalue weighted by Gasteiger charge is -2.27. The molecule has 1 aromatic rings. The van der Waals surface area contributed by atoms with Crippen molar-refractivity contribution in [2.24, 2.45) is 4.99 Å². The highest BCUT2D eigenvalue weighted by Gasteiger charge is 2.40. The Kier molecular flexibility index (Phi) is 4.05. The van der Waals surface area contributed by atoms with E-state index in [1.165, 1.54) is 0 Å². The van der Waals surface area contributed by atoms with Crippen LogP contribution in [-0.4, -0.2) is 19.3 Å². The van der Waals surface area contributed by atoms with Crippen LogP contribution in [0.25, 0.3) is 0 Å². The molecular weight excluding hydrogens is 334 g/mol. The fourth-order valence-corrected chi connectivity index (χ4v) is 3.47. The summed E-state index contributed by atoms with van der Waals surface area (Å²) in [5.41, 5.74) is 0.435. The Morgan fingerprint density at radius 2 is 2.05 bits per heavy atom. The van der Waals surface area contributed by atoms with E-state index in [0.717, 1.165) is 54.3 Å². The Labute approximate surface area is 132 Å². The van der Waals surface area contributed by atoms with Crippen molar-refractivity contribution in [1.29, 1.82) is 0 Å². The minimum atomic E-state index is -0.511. The van der Waals surface area contributed by atoms with Crippen LogP contribution in [0.15, 0.2) is 21.6 Å². The van der Waals surface area contributed by atoms with Crippen molar-refractivity contribution in [2.75, 3.05) is 7.11 Å². The van der Waals surface area contributed by atoms with Crippen LogP contribution in [0.1, 0.15) is 44.1 Å². The highest BCUT2D eigenvalue weighted by molar-refractivity contribution is 9.10. The molecule has 0 atom stereocenters. The third-order valence-electron chi connectivity index (χ3n) is 4.24. The smallest absolute Gasteiger partial charge is 0.235 e. The second-order valence-electron chi connectivity index (χ2n) is 5.74. The zero-order valence-electron chi connectivity index (χ0n) is 12.0. The van der Waals surface area contributed by atoms with Crippen LogP contribution in [-0.2, 0) is 10.3 Å². The molecule has 0 bridgehead atoms. The number of nitrogens with zero attached hydrogens (tertiary/aromatic N) is 1. The van der Waals surface area contributed by atoms with Crippen LogP contribution in [0.5, 0.6) is 11.5 Å². The topological polar surface area (TPSA) is 47.9 Å². The Morgan fingerprint density at radius 3 is 2.62 bits per heavy atom. The van der Waals surface area contributed by atoms with Gasteiger partial charge in [0.15, 0.2) is 11.5 Å². The molecule has 2 aliphatic rings. The molecule has 2 fully saturated rings. The van der Waals surface area contributed by atoms with E-state index in [1.54, 1.807) is 13.2 Å². The number of hydrogen-bond acceptors (Lipinski definition) is 4. The normalized spacial score (nSPS) is 19.9. The second-order valence-corrected chi connectivity index (χ2v) is 6.66. The first-order valence-electron chi connectivity index (χ1n) is 7.32. The van der Waals surface area contributed by atoms with Gasteiger partial charge in [0.1, 0.15) is 5.54 Å². The van der Waals surface area contributed by atoms with E-state index in [-0.39, 0.29) is 6.10 Å². The highest BCUT2D eigenvalue weighted by atomic mass is 79.9. The predicted molar refractivity (Wildman–Crippen MR) is 82.6 cm³/mol. The first-order chi connectivity index (χ1) is 10.2. The average Bonchev–Trinajstić information content (AvgIpc) is 3.17. The molecule has 0 heterocycles. The zero-order chi connectivity index (χ0) is 14.9. The molecule has 4 nitrogen and oxygen atoms in total. The molecule has 0 saturated heterocycles. The third-order valence-corrected chi connectivity index (χ3v) is 4.70. The molecule has 0 aromatic heterocycles. The first-order valence-corrected chi connectivity index (χ1v) is 8.11. The average molecular weight is 352 g/mol. The van der Waals surface area contributed by atoms with E-state index in [1.807, 2.05) is 12.1 Å². The first kappa shape index (κ1) is 14.6. The quantitative estimate of drug-likeness (QED) is 0.592. The van der Waals surface area contributed by atoms with Crippen molar-refractivity contribution in [1.82, 2.24) is 0 Å². The summed E-state index contributed by atoms with van der Waals surface area (Å²) in [6, 6.07) is 3.90. The number of halogens is 1. The lowest BCUT2D eigenvalue weighted by atomic mass is 9.88. The van der Waals surface area contributed by atoms with Crippen LogP contribution in [0.2, 0.25) is 0 Å². The molecule has 2 aliphatic carbocycles. The van der Waals surface area contributed by atoms with Gasteiger partial charge in [-0.15, -0.1) is 0 Å². The number of hydrogen-bond donors (Lipinski definition) is 0. The lowest BCUT2D eigenvalue weighted by Crippen LogP contribution is -2.21. The Morgan fingerprint density at radius 1 is 1.33 bits per heavy atom. The minimum absolute atomic E-state index is 0.262. The van der Waals surface area contributed by atoms with Gasteiger partial charge in [-0.1, -0.05) is 28.8 Å². The van der Waals surface area contributed by atoms with Gasteiger partial charge >= 0.3 is 0 Å². The molecule has 21 heavy (non-hydrogen) atoms. The number of benzene rings is 1. The molecule has 0 amide bonds. The monoisotopic (exact) mass is 351 g/mol. The summed E-state index contributed by atoms with van der Waals surface area (Å²) in [7, 11) is 1.63. The third kappa shape index (κ3) is 2.85. The molecule has 112 valence electrons. The van der Waals surface area contributed by atoms with Gasteiger partial charge in [0.2, 0.25) is 6.08 Å². The van der Waals surface area contributed by atoms with E-state index in [0.29, 0.717) is 5.75 Å². The van der Waals surface area contributed by atoms with E-state index in [4.69, 9.17) is 9.47 Å². The summed E-state index contributed by atoms with van der Waals surface area (Å²) in [5.74, 6) is 1.43. The Balaban J connectivity index is 2.13. The Hall–Kier alpha value is -1.32. The van der Waals surface area contributed by atoms with Gasteiger partial charge in [-0.25, -0.2) is 4.79 Å². The SMILES string of the molecule is COc1cc(Br)cc(C2(N=C=O)CCCC2)c1OC1CC1. The zero-order valence-corrected chi connectivity index (χ0v) is 13.6. The van der Waals surface area contributed by atoms with E-state index < -0.39 is 5.54 Å². The molecule has 3 rings (SSSR count). The lowest BCUT2D eigenvalue weighted by molar-refractivity contribution is 0.270. The molecule has 0 spiro atoms. The van der Waals surface area contributed by atoms with Crippen LogP contribution in [0.4, 0.5) is 0 Å². The second kappa shape index (κ2) is 5.82. The van der Waals surface area contributed by atoms with Gasteiger partial charge in [0, 0.05) is 10.0 Å². The Bertz CT molecular complexity index is 585. The van der Waals surface area contributed by atoms with Crippen molar-refractivity contribution in [3.63, 3.8) is 0 Å². The maximum absolute atomic E-state index is 10.9. The van der Waals surface area contributed by atoms with Crippen LogP contribution >= 0.6 is 15.9 Å². The van der Waals surface area contributed by atoms with Gasteiger partial charge in [0.05, 0.1) is 13.2 Å². The molecule has 0 aliphatic heterocycles. The molecule has 0 radical (unpaired) electrons. The van der Waals surface area contributed by atoms with Gasteiger partial charge in [-0.3, -0.25) is 0 Å². The fourth-order valence-electron chi connectivity index (χ4n) is 3.03. The van der Waals surface area contributed by atoms with Crippen LogP contribution < -0.4 is 9.47 Å². The summed E-state index contributed by atoms with van der Waals surface area (Å²) in [6.45, 7) is 0. The summed E-state index contributed by atoms with van der Waals surface area (Å²) in [4.78, 5) is 15.1. The summed E-state index contributed by atoms with van der Waals surface area (Å²) in [6.07, 6.45) is 7.99. The van der Waals surface area contributed by atoms with Gasteiger partial charge < -0.3 is 9.47 Å². The van der Waals surface area contributed by atoms with Crippen molar-refractivity contribution in [2.45, 2.75) is 50.2 Å². The molecular formula is C16H18BrNO3. The standard InChI is InChI=1S/C16H18BrNO3/c1-20-14-9-11(17)8-13(15(14)21-12-4-5-12)16(18-10-19)6-2-3-7-16/h8-9,12H,2-7H2,1H3. The van der Waals surface area contributed by atoms with Crippen molar-refractivity contribution in [3.05, 3.63) is 22.2 Å². The van der Waals surface area contributed by atoms with Crippen molar-refractivity contribution >= 4 is 22.0 Å². The van der Waals surface area contributed by atoms with Crippen molar-refractivity contribution < 1.29 is 14.3 Å². The predicted octanol–water partition coefficient (Wildman–Crippen LogP) is 4.10. The van der Waals surface area contributed by atoms with E-state index >= 15 is 0 Å². The number of ether oxygens (including phenoxy) is 2. The fraction of sp³-hybridized carbons (Fsp3) is 0.562. The number of aliphatic imine (C=N–C) groups is 1. The summed E-state index contributed by atoms with van der Waals surface area (Å²) < 4.78 is 12.5. The van der Waals surface area contributed by atoms with E-state index in [9.17, 15) is 4.79 Å². The molecule has 0 unspecified atom stereocenters. The largest absolute Gasteiger partial charge is 0.493 e. The summed E-state index contributed by atoms with van der Waals surface area (Å²) in [5, 5.41) is 0. The van der Waals surface area contributed by atoms with Gasteiger partial charge in [-0.2, -0.15) is 4.99 Å². The van der Waals surface area contributed by atoms with Crippen molar-refractivity contribution in [3.8, 4) is 11.5 Å². The van der Waals surface area contributed by atoms with E-state index in [2.05, 4.69) is 20.9 Å².